The maximum absolute atomic E-state index is 11.9. The Bertz CT molecular complexity index is 412. The second-order valence-electron chi connectivity index (χ2n) is 4.82. The smallest absolute Gasteiger partial charge is 0.260 e. The van der Waals surface area contributed by atoms with Gasteiger partial charge in [-0.2, -0.15) is 0 Å². The van der Waals surface area contributed by atoms with Gasteiger partial charge in [0.05, 0.1) is 0 Å². The first-order chi connectivity index (χ1) is 8.65. The first-order valence-corrected chi connectivity index (χ1v) is 6.38. The zero-order valence-corrected chi connectivity index (χ0v) is 10.8. The van der Waals surface area contributed by atoms with Crippen LogP contribution in [0.15, 0.2) is 24.3 Å². The average molecular weight is 248 g/mol. The second kappa shape index (κ2) is 5.87. The van der Waals surface area contributed by atoms with Gasteiger partial charge in [-0.3, -0.25) is 4.79 Å². The van der Waals surface area contributed by atoms with E-state index in [1.165, 1.54) is 0 Å². The van der Waals surface area contributed by atoms with E-state index in [2.05, 4.69) is 0 Å². The topological polar surface area (TPSA) is 55.6 Å². The summed E-state index contributed by atoms with van der Waals surface area (Å²) in [5, 5.41) is 0. The average Bonchev–Trinajstić information content (AvgIpc) is 2.37. The summed E-state index contributed by atoms with van der Waals surface area (Å²) in [6.45, 7) is 3.60. The number of likely N-dealkylation sites (tertiary alicyclic amines) is 1. The first-order valence-electron chi connectivity index (χ1n) is 6.38. The Hall–Kier alpha value is -1.55. The van der Waals surface area contributed by atoms with Gasteiger partial charge in [-0.25, -0.2) is 0 Å². The van der Waals surface area contributed by atoms with Gasteiger partial charge in [-0.15, -0.1) is 0 Å². The van der Waals surface area contributed by atoms with Gasteiger partial charge >= 0.3 is 0 Å². The quantitative estimate of drug-likeness (QED) is 0.877. The summed E-state index contributed by atoms with van der Waals surface area (Å²) < 4.78 is 5.51. The van der Waals surface area contributed by atoms with Crippen LogP contribution in [0.4, 0.5) is 0 Å². The van der Waals surface area contributed by atoms with Crippen LogP contribution in [0.1, 0.15) is 18.4 Å². The lowest BCUT2D eigenvalue weighted by atomic mass is 10.1. The normalized spacial score (nSPS) is 16.7. The fourth-order valence-electron chi connectivity index (χ4n) is 2.09. The van der Waals surface area contributed by atoms with E-state index in [0.717, 1.165) is 37.2 Å². The van der Waals surface area contributed by atoms with Crippen molar-refractivity contribution in [2.75, 3.05) is 19.7 Å². The van der Waals surface area contributed by atoms with Crippen LogP contribution in [0.5, 0.6) is 5.75 Å². The van der Waals surface area contributed by atoms with Gasteiger partial charge in [0.2, 0.25) is 0 Å². The van der Waals surface area contributed by atoms with Gasteiger partial charge < -0.3 is 15.4 Å². The number of rotatable bonds is 3. The third kappa shape index (κ3) is 3.47. The van der Waals surface area contributed by atoms with E-state index in [1.807, 2.05) is 36.1 Å². The molecule has 0 unspecified atom stereocenters. The van der Waals surface area contributed by atoms with Gasteiger partial charge in [-0.05, 0) is 37.5 Å². The molecule has 18 heavy (non-hydrogen) atoms. The summed E-state index contributed by atoms with van der Waals surface area (Å²) in [5.41, 5.74) is 6.94. The molecule has 2 rings (SSSR count). The molecule has 0 radical (unpaired) electrons. The predicted molar refractivity (Wildman–Crippen MR) is 70.5 cm³/mol. The number of carbonyl (C=O) groups is 1. The number of hydrogen-bond acceptors (Lipinski definition) is 3. The Morgan fingerprint density at radius 1 is 1.44 bits per heavy atom. The highest BCUT2D eigenvalue weighted by Gasteiger charge is 2.20. The molecule has 1 aliphatic heterocycles. The predicted octanol–water partition coefficient (Wildman–Crippen LogP) is 1.32. The van der Waals surface area contributed by atoms with Crippen LogP contribution >= 0.6 is 0 Å². The number of piperidine rings is 1. The molecule has 0 bridgehead atoms. The highest BCUT2D eigenvalue weighted by molar-refractivity contribution is 5.77. The number of amides is 1. The Labute approximate surface area is 108 Å². The molecule has 1 aromatic carbocycles. The van der Waals surface area contributed by atoms with E-state index < -0.39 is 0 Å². The minimum absolute atomic E-state index is 0.0448. The molecule has 0 spiro atoms. The van der Waals surface area contributed by atoms with Crippen molar-refractivity contribution in [3.63, 3.8) is 0 Å². The SMILES string of the molecule is Cc1cccc(OCC(=O)N2CCC(N)CC2)c1. The number of aryl methyl sites for hydroxylation is 1. The van der Waals surface area contributed by atoms with E-state index >= 15 is 0 Å². The van der Waals surface area contributed by atoms with Gasteiger partial charge in [-0.1, -0.05) is 12.1 Å². The lowest BCUT2D eigenvalue weighted by Crippen LogP contribution is -2.44. The first kappa shape index (κ1) is 12.9. The molecule has 0 atom stereocenters. The summed E-state index contributed by atoms with van der Waals surface area (Å²) in [6, 6.07) is 7.97. The molecule has 1 amide bonds. The van der Waals surface area contributed by atoms with E-state index in [1.54, 1.807) is 0 Å². The molecule has 98 valence electrons. The van der Waals surface area contributed by atoms with Crippen molar-refractivity contribution in [1.29, 1.82) is 0 Å². The number of ether oxygens (including phenoxy) is 1. The molecule has 1 aliphatic rings. The fourth-order valence-corrected chi connectivity index (χ4v) is 2.09. The summed E-state index contributed by atoms with van der Waals surface area (Å²) in [5.74, 6) is 0.792. The zero-order chi connectivity index (χ0) is 13.0. The Morgan fingerprint density at radius 3 is 2.83 bits per heavy atom. The molecule has 0 saturated carbocycles. The van der Waals surface area contributed by atoms with Crippen molar-refractivity contribution in [3.05, 3.63) is 29.8 Å². The van der Waals surface area contributed by atoms with E-state index in [0.29, 0.717) is 0 Å². The van der Waals surface area contributed by atoms with Gasteiger partial charge in [0.1, 0.15) is 5.75 Å². The zero-order valence-electron chi connectivity index (χ0n) is 10.8. The minimum Gasteiger partial charge on any atom is -0.484 e. The van der Waals surface area contributed by atoms with Crippen LogP contribution in [-0.2, 0) is 4.79 Å². The molecular weight excluding hydrogens is 228 g/mol. The maximum atomic E-state index is 11.9. The number of nitrogens with two attached hydrogens (primary N) is 1. The molecule has 1 heterocycles. The van der Waals surface area contributed by atoms with Crippen LogP contribution in [0.2, 0.25) is 0 Å². The molecule has 4 nitrogen and oxygen atoms in total. The number of benzene rings is 1. The van der Waals surface area contributed by atoms with Gasteiger partial charge in [0.15, 0.2) is 6.61 Å². The molecule has 1 saturated heterocycles. The molecule has 0 aromatic heterocycles. The Kier molecular flexibility index (Phi) is 4.20. The molecule has 4 heteroatoms. The van der Waals surface area contributed by atoms with Gasteiger partial charge in [0, 0.05) is 19.1 Å². The van der Waals surface area contributed by atoms with E-state index in [4.69, 9.17) is 10.5 Å². The van der Waals surface area contributed by atoms with Crippen molar-refractivity contribution >= 4 is 5.91 Å². The monoisotopic (exact) mass is 248 g/mol. The Morgan fingerprint density at radius 2 is 2.17 bits per heavy atom. The maximum Gasteiger partial charge on any atom is 0.260 e. The largest absolute Gasteiger partial charge is 0.484 e. The van der Waals surface area contributed by atoms with Crippen LogP contribution in [0.25, 0.3) is 0 Å². The van der Waals surface area contributed by atoms with Crippen molar-refractivity contribution in [2.45, 2.75) is 25.8 Å². The summed E-state index contributed by atoms with van der Waals surface area (Å²) in [7, 11) is 0. The minimum atomic E-state index is 0.0448. The number of nitrogens with zero attached hydrogens (tertiary/aromatic N) is 1. The van der Waals surface area contributed by atoms with Crippen molar-refractivity contribution in [1.82, 2.24) is 4.90 Å². The number of carbonyl (C=O) groups excluding carboxylic acids is 1. The number of hydrogen-bond donors (Lipinski definition) is 1. The molecule has 1 fully saturated rings. The third-order valence-corrected chi connectivity index (χ3v) is 3.24. The summed E-state index contributed by atoms with van der Waals surface area (Å²) in [6.07, 6.45) is 1.77. The Balaban J connectivity index is 1.81. The third-order valence-electron chi connectivity index (χ3n) is 3.24. The fraction of sp³-hybridized carbons (Fsp3) is 0.500. The summed E-state index contributed by atoms with van der Waals surface area (Å²) >= 11 is 0. The molecular formula is C14H20N2O2. The van der Waals surface area contributed by atoms with E-state index in [-0.39, 0.29) is 18.6 Å². The highest BCUT2D eigenvalue weighted by atomic mass is 16.5. The molecule has 0 aliphatic carbocycles. The van der Waals surface area contributed by atoms with Gasteiger partial charge in [0.25, 0.3) is 5.91 Å². The second-order valence-corrected chi connectivity index (χ2v) is 4.82. The van der Waals surface area contributed by atoms with Crippen LogP contribution in [0.3, 0.4) is 0 Å². The summed E-state index contributed by atoms with van der Waals surface area (Å²) in [4.78, 5) is 13.8. The van der Waals surface area contributed by atoms with Crippen molar-refractivity contribution in [3.8, 4) is 5.75 Å². The van der Waals surface area contributed by atoms with E-state index in [9.17, 15) is 4.79 Å². The highest BCUT2D eigenvalue weighted by Crippen LogP contribution is 2.13. The lowest BCUT2D eigenvalue weighted by Gasteiger charge is -2.30. The van der Waals surface area contributed by atoms with Crippen LogP contribution in [0, 0.1) is 6.92 Å². The van der Waals surface area contributed by atoms with Crippen LogP contribution in [-0.4, -0.2) is 36.5 Å². The van der Waals surface area contributed by atoms with Crippen molar-refractivity contribution < 1.29 is 9.53 Å². The molecule has 2 N–H and O–H groups in total. The standard InChI is InChI=1S/C14H20N2O2/c1-11-3-2-4-13(9-11)18-10-14(17)16-7-5-12(15)6-8-16/h2-4,9,12H,5-8,10,15H2,1H3. The lowest BCUT2D eigenvalue weighted by molar-refractivity contribution is -0.134. The van der Waals surface area contributed by atoms with Crippen molar-refractivity contribution in [2.24, 2.45) is 5.73 Å². The molecule has 1 aromatic rings. The van der Waals surface area contributed by atoms with Crippen LogP contribution < -0.4 is 10.5 Å².